The van der Waals surface area contributed by atoms with E-state index in [1.165, 1.54) is 23.5 Å². The van der Waals surface area contributed by atoms with Crippen molar-refractivity contribution in [3.8, 4) is 11.3 Å². The van der Waals surface area contributed by atoms with Gasteiger partial charge in [-0.15, -0.1) is 23.1 Å². The average Bonchev–Trinajstić information content (AvgIpc) is 3.13. The molecule has 0 unspecified atom stereocenters. The van der Waals surface area contributed by atoms with Gasteiger partial charge in [0.25, 0.3) is 0 Å². The molecule has 3 rings (SSSR count). The Hall–Kier alpha value is -2.11. The van der Waals surface area contributed by atoms with Crippen molar-refractivity contribution in [3.63, 3.8) is 0 Å². The van der Waals surface area contributed by atoms with Gasteiger partial charge >= 0.3 is 0 Å². The quantitative estimate of drug-likeness (QED) is 0.225. The molecule has 25 heavy (non-hydrogen) atoms. The van der Waals surface area contributed by atoms with Crippen LogP contribution >= 0.6 is 23.1 Å². The Morgan fingerprint density at radius 3 is 2.68 bits per heavy atom. The predicted octanol–water partition coefficient (Wildman–Crippen LogP) is 6.15. The van der Waals surface area contributed by atoms with E-state index in [1.807, 2.05) is 41.6 Å². The number of hydrogen-bond acceptors (Lipinski definition) is 5. The molecule has 2 aromatic carbocycles. The molecular weight excluding hydrogens is 346 g/mol. The fraction of sp³-hybridized carbons (Fsp3) is 0.200. The molecule has 0 aliphatic rings. The Bertz CT molecular complexity index is 795. The van der Waals surface area contributed by atoms with Crippen molar-refractivity contribution in [3.05, 3.63) is 65.5 Å². The third-order valence-electron chi connectivity index (χ3n) is 3.59. The van der Waals surface area contributed by atoms with Gasteiger partial charge in [0.15, 0.2) is 0 Å². The van der Waals surface area contributed by atoms with E-state index in [0.29, 0.717) is 0 Å². The molecule has 3 aromatic rings. The van der Waals surface area contributed by atoms with Crippen molar-refractivity contribution < 1.29 is 0 Å². The van der Waals surface area contributed by atoms with Crippen molar-refractivity contribution >= 4 is 34.4 Å². The summed E-state index contributed by atoms with van der Waals surface area (Å²) in [5, 5.41) is 7.12. The molecule has 0 spiro atoms. The van der Waals surface area contributed by atoms with Gasteiger partial charge in [0, 0.05) is 15.8 Å². The standard InChI is InChI=1S/C20H21N3S2/c1-2-3-13-24-18-11-9-16(10-12-18)14-21-23-20-22-19(15-25-20)17-7-5-4-6-8-17/h4-12,14-15H,2-3,13H2,1H3,(H,22,23). The lowest BCUT2D eigenvalue weighted by Crippen LogP contribution is -1.90. The second-order valence-corrected chi connectivity index (χ2v) is 7.57. The molecule has 1 N–H and O–H groups in total. The molecule has 0 saturated carbocycles. The Balaban J connectivity index is 1.54. The highest BCUT2D eigenvalue weighted by Crippen LogP contribution is 2.24. The van der Waals surface area contributed by atoms with Gasteiger partial charge in [-0.1, -0.05) is 55.8 Å². The molecule has 1 aromatic heterocycles. The van der Waals surface area contributed by atoms with E-state index in [0.717, 1.165) is 22.0 Å². The molecule has 0 bridgehead atoms. The zero-order valence-electron chi connectivity index (χ0n) is 14.2. The minimum absolute atomic E-state index is 0.793. The number of unbranched alkanes of at least 4 members (excludes halogenated alkanes) is 1. The summed E-state index contributed by atoms with van der Waals surface area (Å²) in [4.78, 5) is 5.87. The Kier molecular flexibility index (Phi) is 6.65. The number of hydrazone groups is 1. The van der Waals surface area contributed by atoms with Gasteiger partial charge in [-0.05, 0) is 29.9 Å². The van der Waals surface area contributed by atoms with Crippen molar-refractivity contribution in [2.45, 2.75) is 24.7 Å². The zero-order chi connectivity index (χ0) is 17.3. The Morgan fingerprint density at radius 1 is 1.12 bits per heavy atom. The first-order valence-corrected chi connectivity index (χ1v) is 10.2. The van der Waals surface area contributed by atoms with E-state index in [4.69, 9.17) is 0 Å². The first-order chi connectivity index (χ1) is 12.3. The molecular formula is C20H21N3S2. The highest BCUT2D eigenvalue weighted by atomic mass is 32.2. The first-order valence-electron chi connectivity index (χ1n) is 8.38. The van der Waals surface area contributed by atoms with E-state index < -0.39 is 0 Å². The van der Waals surface area contributed by atoms with Crippen LogP contribution in [0.2, 0.25) is 0 Å². The van der Waals surface area contributed by atoms with Crippen LogP contribution < -0.4 is 5.43 Å². The van der Waals surface area contributed by atoms with Gasteiger partial charge < -0.3 is 0 Å². The maximum atomic E-state index is 4.56. The maximum absolute atomic E-state index is 4.56. The first kappa shape index (κ1) is 17.7. The molecule has 0 aliphatic heterocycles. The molecule has 0 atom stereocenters. The Labute approximate surface area is 157 Å². The maximum Gasteiger partial charge on any atom is 0.203 e. The Morgan fingerprint density at radius 2 is 1.92 bits per heavy atom. The number of aromatic nitrogens is 1. The minimum Gasteiger partial charge on any atom is -0.253 e. The molecule has 0 saturated heterocycles. The van der Waals surface area contributed by atoms with Gasteiger partial charge in [0.1, 0.15) is 0 Å². The number of anilines is 1. The van der Waals surface area contributed by atoms with Crippen molar-refractivity contribution in [1.82, 2.24) is 4.98 Å². The number of nitrogens with zero attached hydrogens (tertiary/aromatic N) is 2. The fourth-order valence-electron chi connectivity index (χ4n) is 2.21. The van der Waals surface area contributed by atoms with Crippen LogP contribution in [0.3, 0.4) is 0 Å². The fourth-order valence-corrected chi connectivity index (χ4v) is 3.88. The summed E-state index contributed by atoms with van der Waals surface area (Å²) >= 11 is 3.46. The topological polar surface area (TPSA) is 37.3 Å². The van der Waals surface area contributed by atoms with Crippen molar-refractivity contribution in [2.24, 2.45) is 5.10 Å². The van der Waals surface area contributed by atoms with E-state index in [-0.39, 0.29) is 0 Å². The monoisotopic (exact) mass is 367 g/mol. The number of rotatable bonds is 8. The van der Waals surface area contributed by atoms with Crippen molar-refractivity contribution in [2.75, 3.05) is 11.2 Å². The number of nitrogens with one attached hydrogen (secondary N) is 1. The number of benzene rings is 2. The second-order valence-electron chi connectivity index (χ2n) is 5.54. The molecule has 128 valence electrons. The summed E-state index contributed by atoms with van der Waals surface area (Å²) in [5.74, 6) is 1.18. The van der Waals surface area contributed by atoms with Crippen LogP contribution in [-0.2, 0) is 0 Å². The smallest absolute Gasteiger partial charge is 0.203 e. The number of thioether (sulfide) groups is 1. The van der Waals surface area contributed by atoms with E-state index in [1.54, 1.807) is 11.3 Å². The van der Waals surface area contributed by atoms with Gasteiger partial charge in [0.05, 0.1) is 11.9 Å². The molecule has 0 radical (unpaired) electrons. The van der Waals surface area contributed by atoms with Crippen LogP contribution in [0.4, 0.5) is 5.13 Å². The summed E-state index contributed by atoms with van der Waals surface area (Å²) in [6, 6.07) is 18.6. The normalized spacial score (nSPS) is 11.1. The van der Waals surface area contributed by atoms with E-state index in [2.05, 4.69) is 58.8 Å². The lowest BCUT2D eigenvalue weighted by Gasteiger charge is -2.01. The van der Waals surface area contributed by atoms with Crippen LogP contribution in [0, 0.1) is 0 Å². The summed E-state index contributed by atoms with van der Waals surface area (Å²) < 4.78 is 0. The molecule has 5 heteroatoms. The summed E-state index contributed by atoms with van der Waals surface area (Å²) in [6.07, 6.45) is 4.33. The highest BCUT2D eigenvalue weighted by Gasteiger charge is 2.02. The highest BCUT2D eigenvalue weighted by molar-refractivity contribution is 7.99. The lowest BCUT2D eigenvalue weighted by molar-refractivity contribution is 0.896. The van der Waals surface area contributed by atoms with Crippen LogP contribution in [0.1, 0.15) is 25.3 Å². The molecule has 0 fully saturated rings. The van der Waals surface area contributed by atoms with E-state index in [9.17, 15) is 0 Å². The van der Waals surface area contributed by atoms with E-state index >= 15 is 0 Å². The van der Waals surface area contributed by atoms with Crippen molar-refractivity contribution in [1.29, 1.82) is 0 Å². The van der Waals surface area contributed by atoms with Gasteiger partial charge in [-0.25, -0.2) is 4.98 Å². The van der Waals surface area contributed by atoms with Gasteiger partial charge in [-0.2, -0.15) is 5.10 Å². The molecule has 0 aliphatic carbocycles. The van der Waals surface area contributed by atoms with Crippen LogP contribution in [-0.4, -0.2) is 17.0 Å². The lowest BCUT2D eigenvalue weighted by atomic mass is 10.2. The number of hydrogen-bond donors (Lipinski definition) is 1. The molecule has 1 heterocycles. The predicted molar refractivity (Wildman–Crippen MR) is 111 cm³/mol. The summed E-state index contributed by atoms with van der Waals surface area (Å²) in [5.41, 5.74) is 6.17. The van der Waals surface area contributed by atoms with Crippen LogP contribution in [0.5, 0.6) is 0 Å². The zero-order valence-corrected chi connectivity index (χ0v) is 15.8. The average molecular weight is 368 g/mol. The molecule has 0 amide bonds. The number of thiazole rings is 1. The third-order valence-corrected chi connectivity index (χ3v) is 5.44. The third kappa shape index (κ3) is 5.44. The van der Waals surface area contributed by atoms with Gasteiger partial charge in [-0.3, -0.25) is 5.43 Å². The summed E-state index contributed by atoms with van der Waals surface area (Å²) in [7, 11) is 0. The largest absolute Gasteiger partial charge is 0.253 e. The second kappa shape index (κ2) is 9.39. The summed E-state index contributed by atoms with van der Waals surface area (Å²) in [6.45, 7) is 2.22. The molecule has 3 nitrogen and oxygen atoms in total. The van der Waals surface area contributed by atoms with Crippen LogP contribution in [0.15, 0.2) is 70.0 Å². The van der Waals surface area contributed by atoms with Crippen LogP contribution in [0.25, 0.3) is 11.3 Å². The van der Waals surface area contributed by atoms with Gasteiger partial charge in [0.2, 0.25) is 5.13 Å². The minimum atomic E-state index is 0.793. The SMILES string of the molecule is CCCCSc1ccc(C=NNc2nc(-c3ccccc3)cs2)cc1.